The molecule has 0 bridgehead atoms. The van der Waals surface area contributed by atoms with Gasteiger partial charge in [0.2, 0.25) is 0 Å². The summed E-state index contributed by atoms with van der Waals surface area (Å²) in [5.41, 5.74) is 0. The van der Waals surface area contributed by atoms with Gasteiger partial charge in [-0.05, 0) is 25.7 Å². The van der Waals surface area contributed by atoms with Crippen molar-refractivity contribution in [3.8, 4) is 0 Å². The van der Waals surface area contributed by atoms with Crippen molar-refractivity contribution in [2.45, 2.75) is 37.8 Å². The second-order valence-electron chi connectivity index (χ2n) is 3.74. The van der Waals surface area contributed by atoms with Gasteiger partial charge in [0.15, 0.2) is 0 Å². The molecule has 1 saturated carbocycles. The fraction of sp³-hybridized carbons (Fsp3) is 0.600. The first-order valence-corrected chi connectivity index (χ1v) is 5.05. The lowest BCUT2D eigenvalue weighted by atomic mass is 9.93. The number of hydrogen-bond donors (Lipinski definition) is 2. The van der Waals surface area contributed by atoms with Crippen LogP contribution in [0.3, 0.4) is 0 Å². The van der Waals surface area contributed by atoms with Crippen LogP contribution in [0, 0.1) is 0 Å². The Labute approximate surface area is 83.4 Å². The average Bonchev–Trinajstić information content (AvgIpc) is 2.23. The van der Waals surface area contributed by atoms with Crippen LogP contribution in [0.15, 0.2) is 18.6 Å². The van der Waals surface area contributed by atoms with Crippen LogP contribution in [-0.2, 0) is 0 Å². The largest absolute Gasteiger partial charge is 0.393 e. The number of anilines is 1. The molecule has 1 fully saturated rings. The molecule has 2 N–H and O–H groups in total. The summed E-state index contributed by atoms with van der Waals surface area (Å²) >= 11 is 0. The summed E-state index contributed by atoms with van der Waals surface area (Å²) in [6, 6.07) is 0.440. The van der Waals surface area contributed by atoms with Crippen LogP contribution in [-0.4, -0.2) is 27.2 Å². The molecule has 0 radical (unpaired) electrons. The van der Waals surface area contributed by atoms with Crippen LogP contribution >= 0.6 is 0 Å². The van der Waals surface area contributed by atoms with Crippen molar-refractivity contribution in [2.75, 3.05) is 5.32 Å². The van der Waals surface area contributed by atoms with Crippen molar-refractivity contribution >= 4 is 5.82 Å². The molecule has 0 spiro atoms. The third-order valence-electron chi connectivity index (χ3n) is 2.61. The summed E-state index contributed by atoms with van der Waals surface area (Å²) in [4.78, 5) is 8.15. The average molecular weight is 193 g/mol. The molecule has 14 heavy (non-hydrogen) atoms. The number of aliphatic hydroxyl groups excluding tert-OH is 1. The first-order chi connectivity index (χ1) is 6.84. The van der Waals surface area contributed by atoms with Gasteiger partial charge in [-0.1, -0.05) is 0 Å². The quantitative estimate of drug-likeness (QED) is 0.740. The number of nitrogens with one attached hydrogen (secondary N) is 1. The Morgan fingerprint density at radius 2 is 2.00 bits per heavy atom. The van der Waals surface area contributed by atoms with Crippen LogP contribution in [0.25, 0.3) is 0 Å². The van der Waals surface area contributed by atoms with E-state index in [0.717, 1.165) is 31.5 Å². The summed E-state index contributed by atoms with van der Waals surface area (Å²) < 4.78 is 0. The minimum atomic E-state index is -0.102. The zero-order chi connectivity index (χ0) is 9.80. The first kappa shape index (κ1) is 9.40. The fourth-order valence-electron chi connectivity index (χ4n) is 1.80. The molecule has 1 aliphatic carbocycles. The predicted molar refractivity (Wildman–Crippen MR) is 53.9 cm³/mol. The molecule has 0 aromatic carbocycles. The Morgan fingerprint density at radius 1 is 1.21 bits per heavy atom. The molecule has 1 heterocycles. The van der Waals surface area contributed by atoms with Crippen LogP contribution in [0.4, 0.5) is 5.82 Å². The topological polar surface area (TPSA) is 58.0 Å². The van der Waals surface area contributed by atoms with Gasteiger partial charge < -0.3 is 10.4 Å². The third kappa shape index (κ3) is 2.42. The second kappa shape index (κ2) is 4.37. The zero-order valence-corrected chi connectivity index (χ0v) is 8.06. The molecule has 0 atom stereocenters. The molecule has 0 unspecified atom stereocenters. The van der Waals surface area contributed by atoms with E-state index in [1.807, 2.05) is 0 Å². The summed E-state index contributed by atoms with van der Waals surface area (Å²) in [7, 11) is 0. The van der Waals surface area contributed by atoms with E-state index in [0.29, 0.717) is 6.04 Å². The van der Waals surface area contributed by atoms with Gasteiger partial charge in [-0.25, -0.2) is 4.98 Å². The predicted octanol–water partition coefficient (Wildman–Crippen LogP) is 1.19. The van der Waals surface area contributed by atoms with Crippen molar-refractivity contribution in [1.82, 2.24) is 9.97 Å². The molecule has 4 nitrogen and oxygen atoms in total. The molecule has 1 aliphatic rings. The maximum Gasteiger partial charge on any atom is 0.144 e. The molecule has 1 aromatic rings. The van der Waals surface area contributed by atoms with Crippen LogP contribution in [0.2, 0.25) is 0 Å². The van der Waals surface area contributed by atoms with Gasteiger partial charge in [0, 0.05) is 18.4 Å². The Bertz CT molecular complexity index is 270. The smallest absolute Gasteiger partial charge is 0.144 e. The Morgan fingerprint density at radius 3 is 2.64 bits per heavy atom. The van der Waals surface area contributed by atoms with Crippen LogP contribution in [0.1, 0.15) is 25.7 Å². The minimum absolute atomic E-state index is 0.102. The van der Waals surface area contributed by atoms with Gasteiger partial charge in [-0.3, -0.25) is 4.98 Å². The molecule has 0 saturated heterocycles. The van der Waals surface area contributed by atoms with E-state index in [-0.39, 0.29) is 6.10 Å². The van der Waals surface area contributed by atoms with Gasteiger partial charge in [0.25, 0.3) is 0 Å². The normalized spacial score (nSPS) is 27.2. The Hall–Kier alpha value is -1.16. The van der Waals surface area contributed by atoms with Crippen molar-refractivity contribution in [3.05, 3.63) is 18.6 Å². The lowest BCUT2D eigenvalue weighted by Crippen LogP contribution is -2.28. The lowest BCUT2D eigenvalue weighted by Gasteiger charge is -2.26. The number of rotatable bonds is 2. The van der Waals surface area contributed by atoms with E-state index in [1.54, 1.807) is 18.6 Å². The molecular weight excluding hydrogens is 178 g/mol. The van der Waals surface area contributed by atoms with E-state index in [1.165, 1.54) is 0 Å². The van der Waals surface area contributed by atoms with Gasteiger partial charge in [0.1, 0.15) is 5.82 Å². The van der Waals surface area contributed by atoms with Gasteiger partial charge >= 0.3 is 0 Å². The molecule has 0 aliphatic heterocycles. The summed E-state index contributed by atoms with van der Waals surface area (Å²) in [5.74, 6) is 0.828. The van der Waals surface area contributed by atoms with Crippen molar-refractivity contribution in [2.24, 2.45) is 0 Å². The maximum absolute atomic E-state index is 9.34. The summed E-state index contributed by atoms with van der Waals surface area (Å²) in [5, 5.41) is 12.7. The highest BCUT2D eigenvalue weighted by atomic mass is 16.3. The number of hydrogen-bond acceptors (Lipinski definition) is 4. The van der Waals surface area contributed by atoms with E-state index in [2.05, 4.69) is 15.3 Å². The summed E-state index contributed by atoms with van der Waals surface area (Å²) in [6.45, 7) is 0. The molecular formula is C10H15N3O. The van der Waals surface area contributed by atoms with E-state index in [4.69, 9.17) is 0 Å². The highest BCUT2D eigenvalue weighted by Crippen LogP contribution is 2.20. The first-order valence-electron chi connectivity index (χ1n) is 5.05. The van der Waals surface area contributed by atoms with Crippen molar-refractivity contribution < 1.29 is 5.11 Å². The lowest BCUT2D eigenvalue weighted by molar-refractivity contribution is 0.126. The van der Waals surface area contributed by atoms with E-state index in [9.17, 15) is 5.11 Å². The van der Waals surface area contributed by atoms with E-state index < -0.39 is 0 Å². The molecule has 1 aromatic heterocycles. The molecule has 0 amide bonds. The third-order valence-corrected chi connectivity index (χ3v) is 2.61. The highest BCUT2D eigenvalue weighted by molar-refractivity contribution is 5.31. The fourth-order valence-corrected chi connectivity index (χ4v) is 1.80. The molecule has 2 rings (SSSR count). The minimum Gasteiger partial charge on any atom is -0.393 e. The highest BCUT2D eigenvalue weighted by Gasteiger charge is 2.19. The Kier molecular flexibility index (Phi) is 2.93. The maximum atomic E-state index is 9.34. The standard InChI is InChI=1S/C10H15N3O/c14-9-3-1-8(2-4-9)13-10-7-11-5-6-12-10/h5-9,14H,1-4H2,(H,12,13). The molecule has 4 heteroatoms. The zero-order valence-electron chi connectivity index (χ0n) is 8.06. The second-order valence-corrected chi connectivity index (χ2v) is 3.74. The number of aliphatic hydroxyl groups is 1. The summed E-state index contributed by atoms with van der Waals surface area (Å²) in [6.07, 6.45) is 8.77. The number of nitrogens with zero attached hydrogens (tertiary/aromatic N) is 2. The van der Waals surface area contributed by atoms with Crippen molar-refractivity contribution in [1.29, 1.82) is 0 Å². The molecule has 76 valence electrons. The van der Waals surface area contributed by atoms with Crippen molar-refractivity contribution in [3.63, 3.8) is 0 Å². The van der Waals surface area contributed by atoms with Crippen LogP contribution < -0.4 is 5.32 Å². The van der Waals surface area contributed by atoms with Gasteiger partial charge in [-0.15, -0.1) is 0 Å². The van der Waals surface area contributed by atoms with Crippen LogP contribution in [0.5, 0.6) is 0 Å². The van der Waals surface area contributed by atoms with Gasteiger partial charge in [-0.2, -0.15) is 0 Å². The van der Waals surface area contributed by atoms with Gasteiger partial charge in [0.05, 0.1) is 12.3 Å². The number of aromatic nitrogens is 2. The van der Waals surface area contributed by atoms with E-state index >= 15 is 0 Å². The Balaban J connectivity index is 1.87. The monoisotopic (exact) mass is 193 g/mol. The SMILES string of the molecule is OC1CCC(Nc2cnccn2)CC1.